The predicted octanol–water partition coefficient (Wildman–Crippen LogP) is 4.85. The molecule has 0 saturated heterocycles. The summed E-state index contributed by atoms with van der Waals surface area (Å²) >= 11 is 0. The van der Waals surface area contributed by atoms with Gasteiger partial charge in [-0.3, -0.25) is 4.79 Å². The van der Waals surface area contributed by atoms with Crippen LogP contribution in [0.4, 0.5) is 8.78 Å². The van der Waals surface area contributed by atoms with Crippen molar-refractivity contribution in [3.8, 4) is 0 Å². The summed E-state index contributed by atoms with van der Waals surface area (Å²) in [5, 5.41) is 8.89. The number of halogens is 2. The number of carboxylic acids is 1. The van der Waals surface area contributed by atoms with Gasteiger partial charge in [0.15, 0.2) is 12.1 Å². The smallest absolute Gasteiger partial charge is 0.303 e. The van der Waals surface area contributed by atoms with Gasteiger partial charge >= 0.3 is 5.97 Å². The number of alkyl halides is 2. The highest BCUT2D eigenvalue weighted by Crippen LogP contribution is 2.36. The molecule has 2 atom stereocenters. The van der Waals surface area contributed by atoms with E-state index in [9.17, 15) is 13.6 Å². The molecular weight excluding hydrogens is 476 g/mol. The minimum Gasteiger partial charge on any atom is -0.481 e. The van der Waals surface area contributed by atoms with E-state index in [0.29, 0.717) is 24.3 Å². The van der Waals surface area contributed by atoms with Gasteiger partial charge in [-0.1, -0.05) is 54.6 Å². The van der Waals surface area contributed by atoms with Gasteiger partial charge in [0.2, 0.25) is 0 Å². The first-order valence-electron chi connectivity index (χ1n) is 12.8. The summed E-state index contributed by atoms with van der Waals surface area (Å²) in [6.45, 7) is 2.58. The number of carboxylic acid groups (broad SMARTS) is 1. The lowest BCUT2D eigenvalue weighted by molar-refractivity contribution is -0.137. The number of hydrogen-bond acceptors (Lipinski definition) is 5. The summed E-state index contributed by atoms with van der Waals surface area (Å²) in [7, 11) is 0. The number of carbonyl (C=O) groups is 1. The van der Waals surface area contributed by atoms with Crippen LogP contribution in [0.3, 0.4) is 0 Å². The lowest BCUT2D eigenvalue weighted by Crippen LogP contribution is -2.27. The molecule has 2 heterocycles. The summed E-state index contributed by atoms with van der Waals surface area (Å²) in [6.07, 6.45) is 3.52. The molecule has 0 bridgehead atoms. The fourth-order valence-electron chi connectivity index (χ4n) is 5.26. The average Bonchev–Trinajstić information content (AvgIpc) is 3.32. The first kappa shape index (κ1) is 25.3. The van der Waals surface area contributed by atoms with Gasteiger partial charge in [-0.15, -0.1) is 0 Å². The van der Waals surface area contributed by atoms with Crippen LogP contribution in [0.5, 0.6) is 0 Å². The second-order valence-corrected chi connectivity index (χ2v) is 9.72. The SMILES string of the molecule is O=C(O)CCCN1CCc2ccc(C3=NC(C4C=C(C(F)F)C(c5ccccc5)=CC4)ON3)cc2CC1. The quantitative estimate of drug-likeness (QED) is 0.534. The number of benzene rings is 2. The zero-order chi connectivity index (χ0) is 25.8. The molecule has 2 unspecified atom stereocenters. The highest BCUT2D eigenvalue weighted by Gasteiger charge is 2.31. The molecule has 0 amide bonds. The van der Waals surface area contributed by atoms with Crippen LogP contribution in [0.25, 0.3) is 5.57 Å². The van der Waals surface area contributed by atoms with E-state index in [1.165, 1.54) is 11.1 Å². The van der Waals surface area contributed by atoms with Crippen molar-refractivity contribution < 1.29 is 23.5 Å². The second-order valence-electron chi connectivity index (χ2n) is 9.72. The van der Waals surface area contributed by atoms with Crippen molar-refractivity contribution in [2.24, 2.45) is 10.9 Å². The molecule has 2 aromatic carbocycles. The van der Waals surface area contributed by atoms with Crippen molar-refractivity contribution in [1.29, 1.82) is 0 Å². The Kier molecular flexibility index (Phi) is 7.76. The highest BCUT2D eigenvalue weighted by atomic mass is 19.3. The minimum absolute atomic E-state index is 0.0210. The molecule has 6 nitrogen and oxygen atoms in total. The fourth-order valence-corrected chi connectivity index (χ4v) is 5.26. The van der Waals surface area contributed by atoms with Gasteiger partial charge in [0.25, 0.3) is 6.43 Å². The third kappa shape index (κ3) is 5.97. The maximum Gasteiger partial charge on any atom is 0.303 e. The number of hydrogen-bond donors (Lipinski definition) is 2. The number of hydroxylamine groups is 1. The largest absolute Gasteiger partial charge is 0.481 e. The van der Waals surface area contributed by atoms with E-state index >= 15 is 0 Å². The summed E-state index contributed by atoms with van der Waals surface area (Å²) < 4.78 is 27.9. The number of aliphatic imine (C=N–C) groups is 1. The predicted molar refractivity (Wildman–Crippen MR) is 138 cm³/mol. The molecule has 194 valence electrons. The van der Waals surface area contributed by atoms with Crippen LogP contribution in [-0.4, -0.2) is 54.1 Å². The standard InChI is InChI=1S/C29H31F2N3O3/c30-27(31)25-18-23(10-11-24(25)20-5-2-1-3-6-20)29-32-28(33-37-29)22-9-8-19-12-15-34(14-4-7-26(35)36)16-13-21(19)17-22/h1-3,5-6,8-9,11,17-18,23,27,29H,4,7,10,12-16H2,(H,32,33)(H,35,36). The van der Waals surface area contributed by atoms with Crippen molar-refractivity contribution >= 4 is 17.4 Å². The van der Waals surface area contributed by atoms with Crippen molar-refractivity contribution in [2.75, 3.05) is 19.6 Å². The van der Waals surface area contributed by atoms with Crippen LogP contribution in [-0.2, 0) is 22.5 Å². The van der Waals surface area contributed by atoms with Gasteiger partial charge in [-0.25, -0.2) is 24.1 Å². The summed E-state index contributed by atoms with van der Waals surface area (Å²) in [6, 6.07) is 15.5. The topological polar surface area (TPSA) is 74.2 Å². The Morgan fingerprint density at radius 1 is 1.11 bits per heavy atom. The van der Waals surface area contributed by atoms with Crippen LogP contribution < -0.4 is 5.48 Å². The van der Waals surface area contributed by atoms with E-state index in [-0.39, 0.29) is 17.9 Å². The number of amidine groups is 1. The number of allylic oxidation sites excluding steroid dienone is 3. The molecule has 0 radical (unpaired) electrons. The van der Waals surface area contributed by atoms with Gasteiger partial charge in [-0.2, -0.15) is 0 Å². The first-order chi connectivity index (χ1) is 18.0. The van der Waals surface area contributed by atoms with Gasteiger partial charge < -0.3 is 10.0 Å². The molecule has 2 aromatic rings. The van der Waals surface area contributed by atoms with E-state index in [2.05, 4.69) is 22.5 Å². The number of rotatable bonds is 8. The van der Waals surface area contributed by atoms with Crippen molar-refractivity contribution in [3.05, 3.63) is 88.5 Å². The van der Waals surface area contributed by atoms with Gasteiger partial charge in [0, 0.05) is 36.6 Å². The zero-order valence-electron chi connectivity index (χ0n) is 20.6. The van der Waals surface area contributed by atoms with Gasteiger partial charge in [-0.05, 0) is 60.6 Å². The molecule has 3 aliphatic rings. The molecule has 0 saturated carbocycles. The van der Waals surface area contributed by atoms with Crippen LogP contribution in [0.2, 0.25) is 0 Å². The number of aliphatic carboxylic acids is 1. The molecule has 5 rings (SSSR count). The summed E-state index contributed by atoms with van der Waals surface area (Å²) in [4.78, 5) is 23.6. The van der Waals surface area contributed by atoms with Crippen molar-refractivity contribution in [1.82, 2.24) is 10.4 Å². The normalized spacial score (nSPS) is 22.0. The number of fused-ring (bicyclic) bond motifs is 1. The summed E-state index contributed by atoms with van der Waals surface area (Å²) in [5.41, 5.74) is 7.75. The average molecular weight is 508 g/mol. The van der Waals surface area contributed by atoms with Crippen molar-refractivity contribution in [2.45, 2.75) is 44.8 Å². The second kappa shape index (κ2) is 11.4. The number of nitrogens with zero attached hydrogens (tertiary/aromatic N) is 2. The fraction of sp³-hybridized carbons (Fsp3) is 0.379. The van der Waals surface area contributed by atoms with Crippen LogP contribution in [0, 0.1) is 5.92 Å². The Morgan fingerprint density at radius 2 is 1.89 bits per heavy atom. The number of nitrogens with one attached hydrogen (secondary N) is 1. The first-order valence-corrected chi connectivity index (χ1v) is 12.8. The molecule has 2 aliphatic heterocycles. The highest BCUT2D eigenvalue weighted by molar-refractivity contribution is 5.99. The lowest BCUT2D eigenvalue weighted by atomic mass is 9.86. The van der Waals surface area contributed by atoms with Crippen molar-refractivity contribution in [3.63, 3.8) is 0 Å². The van der Waals surface area contributed by atoms with E-state index in [1.807, 2.05) is 42.5 Å². The Labute approximate surface area is 215 Å². The van der Waals surface area contributed by atoms with Crippen LogP contribution >= 0.6 is 0 Å². The maximum absolute atomic E-state index is 14.0. The Hall–Kier alpha value is -3.36. The molecule has 0 spiro atoms. The summed E-state index contributed by atoms with van der Waals surface area (Å²) in [5.74, 6) is -0.434. The Balaban J connectivity index is 1.27. The molecule has 8 heteroatoms. The molecular formula is C29H31F2N3O3. The molecule has 1 aliphatic carbocycles. The minimum atomic E-state index is -2.58. The lowest BCUT2D eigenvalue weighted by Gasteiger charge is -2.23. The third-order valence-corrected chi connectivity index (χ3v) is 7.26. The zero-order valence-corrected chi connectivity index (χ0v) is 20.6. The Bertz CT molecular complexity index is 1230. The van der Waals surface area contributed by atoms with E-state index in [4.69, 9.17) is 14.9 Å². The third-order valence-electron chi connectivity index (χ3n) is 7.26. The maximum atomic E-state index is 14.0. The Morgan fingerprint density at radius 3 is 2.65 bits per heavy atom. The van der Waals surface area contributed by atoms with E-state index in [0.717, 1.165) is 43.6 Å². The van der Waals surface area contributed by atoms with Crippen LogP contribution in [0.1, 0.15) is 41.5 Å². The molecule has 0 aromatic heterocycles. The van der Waals surface area contributed by atoms with Gasteiger partial charge in [0.05, 0.1) is 0 Å². The van der Waals surface area contributed by atoms with Gasteiger partial charge in [0.1, 0.15) is 0 Å². The van der Waals surface area contributed by atoms with E-state index in [1.54, 1.807) is 6.08 Å². The van der Waals surface area contributed by atoms with E-state index < -0.39 is 18.6 Å². The molecule has 37 heavy (non-hydrogen) atoms. The van der Waals surface area contributed by atoms with Crippen LogP contribution in [0.15, 0.2) is 71.2 Å². The molecule has 2 N–H and O–H groups in total. The molecule has 0 fully saturated rings. The monoisotopic (exact) mass is 507 g/mol.